The summed E-state index contributed by atoms with van der Waals surface area (Å²) in [6.45, 7) is 0.459. The summed E-state index contributed by atoms with van der Waals surface area (Å²) in [5.41, 5.74) is 7.44. The van der Waals surface area contributed by atoms with E-state index < -0.39 is 0 Å². The molecule has 0 bridgehead atoms. The molecule has 7 rings (SSSR count). The summed E-state index contributed by atoms with van der Waals surface area (Å²) in [6, 6.07) is 30.1. The third-order valence-electron chi connectivity index (χ3n) is 7.87. The Morgan fingerprint density at radius 1 is 0.953 bits per heavy atom. The molecular weight excluding hydrogens is 688 g/mol. The number of halogens is 2. The van der Waals surface area contributed by atoms with Crippen molar-refractivity contribution in [2.24, 2.45) is 4.99 Å². The fourth-order valence-electron chi connectivity index (χ4n) is 5.81. The van der Waals surface area contributed by atoms with Crippen molar-refractivity contribution < 1.29 is 9.47 Å². The molecule has 2 heterocycles. The second-order valence-electron chi connectivity index (χ2n) is 10.5. The molecule has 0 saturated carbocycles. The smallest absolute Gasteiger partial charge is 0.271 e. The maximum atomic E-state index is 14.1. The van der Waals surface area contributed by atoms with Crippen LogP contribution in [0, 0.1) is 0 Å². The summed E-state index contributed by atoms with van der Waals surface area (Å²) in [5.74, 6) is 1.50. The Morgan fingerprint density at radius 3 is 2.56 bits per heavy atom. The number of nitrogens with zero attached hydrogens (tertiary/aromatic N) is 2. The number of para-hydroxylation sites is 1. The van der Waals surface area contributed by atoms with E-state index >= 15 is 0 Å². The van der Waals surface area contributed by atoms with Crippen LogP contribution in [0.25, 0.3) is 11.8 Å². The van der Waals surface area contributed by atoms with Crippen LogP contribution in [-0.2, 0) is 13.0 Å². The van der Waals surface area contributed by atoms with Gasteiger partial charge in [-0.3, -0.25) is 9.36 Å². The Morgan fingerprint density at radius 2 is 1.74 bits per heavy atom. The van der Waals surface area contributed by atoms with Crippen LogP contribution in [0.3, 0.4) is 0 Å². The van der Waals surface area contributed by atoms with Gasteiger partial charge in [0.1, 0.15) is 18.1 Å². The fraction of sp³-hybridized carbons (Fsp3) is 0.143. The van der Waals surface area contributed by atoms with E-state index in [0.29, 0.717) is 15.9 Å². The molecule has 0 amide bonds. The molecule has 1 aliphatic heterocycles. The van der Waals surface area contributed by atoms with Gasteiger partial charge in [-0.1, -0.05) is 87.9 Å². The molecule has 2 aliphatic rings. The van der Waals surface area contributed by atoms with E-state index in [1.165, 1.54) is 16.9 Å². The van der Waals surface area contributed by atoms with E-state index in [1.807, 2.05) is 71.3 Å². The Balaban J connectivity index is 1.30. The minimum absolute atomic E-state index is 0.0586. The lowest BCUT2D eigenvalue weighted by Gasteiger charge is -2.31. The summed E-state index contributed by atoms with van der Waals surface area (Å²) in [4.78, 5) is 19.9. The van der Waals surface area contributed by atoms with E-state index in [1.54, 1.807) is 7.11 Å². The van der Waals surface area contributed by atoms with E-state index in [-0.39, 0.29) is 11.6 Å². The zero-order valence-corrected chi connectivity index (χ0v) is 27.2. The van der Waals surface area contributed by atoms with Crippen LogP contribution in [0.1, 0.15) is 40.3 Å². The maximum absolute atomic E-state index is 14.1. The van der Waals surface area contributed by atoms with Crippen LogP contribution in [0.5, 0.6) is 11.5 Å². The van der Waals surface area contributed by atoms with Crippen molar-refractivity contribution >= 4 is 55.0 Å². The monoisotopic (exact) mass is 712 g/mol. The van der Waals surface area contributed by atoms with Gasteiger partial charge in [0.2, 0.25) is 0 Å². The molecule has 1 atom stereocenters. The number of aryl methyl sites for hydroxylation is 1. The van der Waals surface area contributed by atoms with Crippen LogP contribution in [0.15, 0.2) is 115 Å². The number of rotatable bonds is 6. The predicted octanol–water partition coefficient (Wildman–Crippen LogP) is 7.43. The number of benzene rings is 4. The van der Waals surface area contributed by atoms with E-state index in [0.717, 1.165) is 66.8 Å². The first-order valence-corrected chi connectivity index (χ1v) is 16.3. The van der Waals surface area contributed by atoms with Gasteiger partial charge < -0.3 is 9.47 Å². The Hall–Kier alpha value is -3.72. The second kappa shape index (κ2) is 11.8. The van der Waals surface area contributed by atoms with Crippen LogP contribution in [0.4, 0.5) is 0 Å². The minimum Gasteiger partial charge on any atom is -0.496 e. The van der Waals surface area contributed by atoms with Gasteiger partial charge in [0.15, 0.2) is 4.80 Å². The number of allylic oxidation sites excluding steroid dienone is 1. The Kier molecular flexibility index (Phi) is 7.67. The van der Waals surface area contributed by atoms with Crippen LogP contribution >= 0.6 is 43.2 Å². The molecule has 4 aromatic carbocycles. The molecule has 214 valence electrons. The van der Waals surface area contributed by atoms with E-state index in [4.69, 9.17) is 14.5 Å². The molecule has 1 aromatic heterocycles. The molecule has 5 aromatic rings. The highest BCUT2D eigenvalue weighted by molar-refractivity contribution is 9.10. The number of hydrogen-bond acceptors (Lipinski definition) is 5. The van der Waals surface area contributed by atoms with Crippen LogP contribution < -0.4 is 24.4 Å². The third-order valence-corrected chi connectivity index (χ3v) is 10.00. The lowest BCUT2D eigenvalue weighted by atomic mass is 9.83. The molecule has 0 radical (unpaired) electrons. The van der Waals surface area contributed by atoms with Crippen molar-refractivity contribution in [2.45, 2.75) is 25.5 Å². The first-order chi connectivity index (χ1) is 21.0. The average Bonchev–Trinajstić information content (AvgIpc) is 3.34. The van der Waals surface area contributed by atoms with E-state index in [9.17, 15) is 4.79 Å². The van der Waals surface area contributed by atoms with Gasteiger partial charge in [-0.05, 0) is 87.4 Å². The molecule has 0 unspecified atom stereocenters. The van der Waals surface area contributed by atoms with E-state index in [2.05, 4.69) is 62.2 Å². The van der Waals surface area contributed by atoms with Gasteiger partial charge in [0, 0.05) is 15.6 Å². The minimum atomic E-state index is -0.293. The molecule has 43 heavy (non-hydrogen) atoms. The standard InChI is InChI=1S/C35H26Br2N2O3S/c1-41-29-9-5-4-8-26(29)33-27-16-13-23-6-2-3-7-25(23)32(27)38-35-39(33)34(40)31(43-35)19-22-12-17-30(28(37)18-22)42-20-21-10-14-24(36)15-11-21/h2-12,14-15,17-19,33H,13,16,20H2,1H3/b31-19+/t33-/m1/s1. The number of aromatic nitrogens is 1. The fourth-order valence-corrected chi connectivity index (χ4v) is 7.58. The van der Waals surface area contributed by atoms with Crippen molar-refractivity contribution in [3.63, 3.8) is 0 Å². The first-order valence-electron chi connectivity index (χ1n) is 13.9. The highest BCUT2D eigenvalue weighted by Gasteiger charge is 2.34. The topological polar surface area (TPSA) is 52.8 Å². The molecule has 0 spiro atoms. The Labute approximate surface area is 269 Å². The SMILES string of the molecule is COc1ccccc1[C@@H]1C2=C(N=c3s/c(=C/c4ccc(OCc5ccc(Br)cc5)c(Br)c4)c(=O)n31)c1ccccc1CC2. The molecule has 0 fully saturated rings. The highest BCUT2D eigenvalue weighted by atomic mass is 79.9. The molecule has 0 N–H and O–H groups in total. The molecular formula is C35H26Br2N2O3S. The van der Waals surface area contributed by atoms with Crippen molar-refractivity contribution in [1.82, 2.24) is 4.57 Å². The van der Waals surface area contributed by atoms with Gasteiger partial charge in [-0.15, -0.1) is 0 Å². The normalized spacial score (nSPS) is 15.8. The number of methoxy groups -OCH3 is 1. The molecule has 1 aliphatic carbocycles. The van der Waals surface area contributed by atoms with Gasteiger partial charge in [0.25, 0.3) is 5.56 Å². The van der Waals surface area contributed by atoms with Gasteiger partial charge >= 0.3 is 0 Å². The van der Waals surface area contributed by atoms with Gasteiger partial charge in [-0.2, -0.15) is 0 Å². The number of thiazole rings is 1. The van der Waals surface area contributed by atoms with Gasteiger partial charge in [0.05, 0.1) is 27.9 Å². The molecule has 0 saturated heterocycles. The largest absolute Gasteiger partial charge is 0.496 e. The van der Waals surface area contributed by atoms with Crippen molar-refractivity contribution in [3.05, 3.63) is 153 Å². The molecule has 5 nitrogen and oxygen atoms in total. The first kappa shape index (κ1) is 28.1. The average molecular weight is 714 g/mol. The van der Waals surface area contributed by atoms with Crippen LogP contribution in [-0.4, -0.2) is 11.7 Å². The lowest BCUT2D eigenvalue weighted by molar-refractivity contribution is 0.304. The van der Waals surface area contributed by atoms with Gasteiger partial charge in [-0.25, -0.2) is 4.99 Å². The van der Waals surface area contributed by atoms with Crippen molar-refractivity contribution in [3.8, 4) is 11.5 Å². The quantitative estimate of drug-likeness (QED) is 0.184. The van der Waals surface area contributed by atoms with Crippen molar-refractivity contribution in [1.29, 1.82) is 0 Å². The summed E-state index contributed by atoms with van der Waals surface area (Å²) < 4.78 is 16.2. The summed E-state index contributed by atoms with van der Waals surface area (Å²) in [5, 5.41) is 0. The van der Waals surface area contributed by atoms with Crippen LogP contribution in [0.2, 0.25) is 0 Å². The summed E-state index contributed by atoms with van der Waals surface area (Å²) in [7, 11) is 1.68. The third kappa shape index (κ3) is 5.32. The number of fused-ring (bicyclic) bond motifs is 3. The summed E-state index contributed by atoms with van der Waals surface area (Å²) >= 11 is 8.55. The molecule has 8 heteroatoms. The second-order valence-corrected chi connectivity index (χ2v) is 13.2. The number of hydrogen-bond donors (Lipinski definition) is 0. The number of ether oxygens (including phenoxy) is 2. The summed E-state index contributed by atoms with van der Waals surface area (Å²) in [6.07, 6.45) is 3.67. The predicted molar refractivity (Wildman–Crippen MR) is 178 cm³/mol. The lowest BCUT2D eigenvalue weighted by Crippen LogP contribution is -2.39. The maximum Gasteiger partial charge on any atom is 0.271 e. The zero-order valence-electron chi connectivity index (χ0n) is 23.2. The van der Waals surface area contributed by atoms with Crippen molar-refractivity contribution in [2.75, 3.05) is 7.11 Å². The zero-order chi connectivity index (χ0) is 29.5. The highest BCUT2D eigenvalue weighted by Crippen LogP contribution is 2.43. The Bertz CT molecular complexity index is 2080.